The standard InChI is InChI=1S/C13H16N4O3/c1-8(17-6-11(18)16-12(19)7-17)13(20)15-10-4-2-9(14)3-5-10/h2-5,8H,6-7,14H2,1H3,(H,15,20)(H,16,18,19). The first-order valence-electron chi connectivity index (χ1n) is 6.19. The molecule has 106 valence electrons. The number of anilines is 2. The van der Waals surface area contributed by atoms with Gasteiger partial charge in [-0.25, -0.2) is 0 Å². The molecular formula is C13H16N4O3. The van der Waals surface area contributed by atoms with Gasteiger partial charge in [0, 0.05) is 11.4 Å². The fraction of sp³-hybridized carbons (Fsp3) is 0.308. The Morgan fingerprint density at radius 3 is 2.35 bits per heavy atom. The summed E-state index contributed by atoms with van der Waals surface area (Å²) in [5, 5.41) is 4.91. The number of piperazine rings is 1. The molecule has 1 aromatic carbocycles. The maximum atomic E-state index is 12.1. The third-order valence-electron chi connectivity index (χ3n) is 3.08. The summed E-state index contributed by atoms with van der Waals surface area (Å²) >= 11 is 0. The number of carbonyl (C=O) groups is 3. The van der Waals surface area contributed by atoms with E-state index < -0.39 is 17.9 Å². The number of benzene rings is 1. The van der Waals surface area contributed by atoms with Crippen molar-refractivity contribution in [3.63, 3.8) is 0 Å². The van der Waals surface area contributed by atoms with Crippen LogP contribution in [0.15, 0.2) is 24.3 Å². The van der Waals surface area contributed by atoms with E-state index in [1.165, 1.54) is 4.90 Å². The average Bonchev–Trinajstić information content (AvgIpc) is 2.39. The van der Waals surface area contributed by atoms with Crippen LogP contribution >= 0.6 is 0 Å². The predicted octanol–water partition coefficient (Wildman–Crippen LogP) is -0.446. The normalized spacial score (nSPS) is 17.4. The SMILES string of the molecule is CC(C(=O)Nc1ccc(N)cc1)N1CC(=O)NC(=O)C1. The summed E-state index contributed by atoms with van der Waals surface area (Å²) in [5.74, 6) is -1.07. The van der Waals surface area contributed by atoms with Gasteiger partial charge in [-0.1, -0.05) is 0 Å². The third-order valence-corrected chi connectivity index (χ3v) is 3.08. The zero-order valence-corrected chi connectivity index (χ0v) is 11.1. The van der Waals surface area contributed by atoms with Gasteiger partial charge >= 0.3 is 0 Å². The first-order chi connectivity index (χ1) is 9.45. The number of imide groups is 1. The maximum Gasteiger partial charge on any atom is 0.241 e. The molecule has 4 N–H and O–H groups in total. The highest BCUT2D eigenvalue weighted by atomic mass is 16.2. The van der Waals surface area contributed by atoms with Gasteiger partial charge in [-0.15, -0.1) is 0 Å². The first-order valence-corrected chi connectivity index (χ1v) is 6.19. The molecule has 0 aromatic heterocycles. The molecule has 1 aliphatic heterocycles. The number of nitrogen functional groups attached to an aromatic ring is 1. The number of nitrogens with zero attached hydrogens (tertiary/aromatic N) is 1. The van der Waals surface area contributed by atoms with Crippen molar-refractivity contribution in [3.05, 3.63) is 24.3 Å². The van der Waals surface area contributed by atoms with Crippen LogP contribution in [0.2, 0.25) is 0 Å². The molecule has 1 atom stereocenters. The quantitative estimate of drug-likeness (QED) is 0.512. The minimum Gasteiger partial charge on any atom is -0.399 e. The van der Waals surface area contributed by atoms with Crippen LogP contribution in [0.5, 0.6) is 0 Å². The lowest BCUT2D eigenvalue weighted by atomic mass is 10.2. The molecule has 1 unspecified atom stereocenters. The van der Waals surface area contributed by atoms with Gasteiger partial charge in [-0.2, -0.15) is 0 Å². The molecule has 1 heterocycles. The predicted molar refractivity (Wildman–Crippen MR) is 73.7 cm³/mol. The van der Waals surface area contributed by atoms with Crippen molar-refractivity contribution in [3.8, 4) is 0 Å². The Hall–Kier alpha value is -2.41. The summed E-state index contributed by atoms with van der Waals surface area (Å²) in [6.07, 6.45) is 0. The van der Waals surface area contributed by atoms with Crippen molar-refractivity contribution in [1.29, 1.82) is 0 Å². The van der Waals surface area contributed by atoms with Gasteiger partial charge in [0.05, 0.1) is 19.1 Å². The Labute approximate surface area is 116 Å². The fourth-order valence-electron chi connectivity index (χ4n) is 1.91. The summed E-state index contributed by atoms with van der Waals surface area (Å²) in [7, 11) is 0. The zero-order chi connectivity index (χ0) is 14.7. The second-order valence-corrected chi connectivity index (χ2v) is 4.66. The molecule has 1 saturated heterocycles. The van der Waals surface area contributed by atoms with Crippen LogP contribution in [0.25, 0.3) is 0 Å². The molecule has 3 amide bonds. The van der Waals surface area contributed by atoms with E-state index in [0.29, 0.717) is 11.4 Å². The molecule has 1 aromatic rings. The van der Waals surface area contributed by atoms with Crippen molar-refractivity contribution in [2.45, 2.75) is 13.0 Å². The topological polar surface area (TPSA) is 105 Å². The Balaban J connectivity index is 1.99. The van der Waals surface area contributed by atoms with E-state index in [-0.39, 0.29) is 19.0 Å². The van der Waals surface area contributed by atoms with Crippen LogP contribution in [0.3, 0.4) is 0 Å². The van der Waals surface area contributed by atoms with Crippen LogP contribution in [-0.2, 0) is 14.4 Å². The molecular weight excluding hydrogens is 260 g/mol. The first kappa shape index (κ1) is 14.0. The summed E-state index contributed by atoms with van der Waals surface area (Å²) in [6, 6.07) is 6.15. The Morgan fingerprint density at radius 1 is 1.25 bits per heavy atom. The number of nitrogens with two attached hydrogens (primary N) is 1. The second kappa shape index (κ2) is 5.70. The third kappa shape index (κ3) is 3.33. The van der Waals surface area contributed by atoms with Gasteiger partial charge in [-0.05, 0) is 31.2 Å². The van der Waals surface area contributed by atoms with Gasteiger partial charge in [0.15, 0.2) is 0 Å². The molecule has 7 nitrogen and oxygen atoms in total. The highest BCUT2D eigenvalue weighted by Gasteiger charge is 2.29. The van der Waals surface area contributed by atoms with Crippen molar-refractivity contribution >= 4 is 29.1 Å². The molecule has 0 aliphatic carbocycles. The smallest absolute Gasteiger partial charge is 0.241 e. The number of nitrogens with one attached hydrogen (secondary N) is 2. The van der Waals surface area contributed by atoms with E-state index in [4.69, 9.17) is 5.73 Å². The average molecular weight is 276 g/mol. The summed E-state index contributed by atoms with van der Waals surface area (Å²) in [4.78, 5) is 36.2. The van der Waals surface area contributed by atoms with Crippen molar-refractivity contribution in [2.75, 3.05) is 24.1 Å². The van der Waals surface area contributed by atoms with Gasteiger partial charge < -0.3 is 11.1 Å². The molecule has 2 rings (SSSR count). The van der Waals surface area contributed by atoms with E-state index in [9.17, 15) is 14.4 Å². The molecule has 20 heavy (non-hydrogen) atoms. The van der Waals surface area contributed by atoms with Crippen molar-refractivity contribution < 1.29 is 14.4 Å². The monoisotopic (exact) mass is 276 g/mol. The van der Waals surface area contributed by atoms with Crippen molar-refractivity contribution in [2.24, 2.45) is 0 Å². The molecule has 1 fully saturated rings. The van der Waals surface area contributed by atoms with E-state index in [2.05, 4.69) is 10.6 Å². The maximum absolute atomic E-state index is 12.1. The highest BCUT2D eigenvalue weighted by molar-refractivity contribution is 6.01. The summed E-state index contributed by atoms with van der Waals surface area (Å²) in [5.41, 5.74) is 6.78. The van der Waals surface area contributed by atoms with Crippen molar-refractivity contribution in [1.82, 2.24) is 10.2 Å². The zero-order valence-electron chi connectivity index (χ0n) is 11.1. The Kier molecular flexibility index (Phi) is 3.99. The summed E-state index contributed by atoms with van der Waals surface area (Å²) < 4.78 is 0. The molecule has 0 spiro atoms. The lowest BCUT2D eigenvalue weighted by molar-refractivity contribution is -0.138. The molecule has 0 radical (unpaired) electrons. The molecule has 0 bridgehead atoms. The molecule has 1 aliphatic rings. The molecule has 7 heteroatoms. The van der Waals surface area contributed by atoms with Gasteiger partial charge in [-0.3, -0.25) is 24.6 Å². The number of rotatable bonds is 3. The number of carbonyl (C=O) groups excluding carboxylic acids is 3. The highest BCUT2D eigenvalue weighted by Crippen LogP contribution is 2.12. The van der Waals surface area contributed by atoms with Gasteiger partial charge in [0.25, 0.3) is 0 Å². The van der Waals surface area contributed by atoms with Crippen LogP contribution in [-0.4, -0.2) is 41.8 Å². The lowest BCUT2D eigenvalue weighted by Crippen LogP contribution is -2.56. The van der Waals surface area contributed by atoms with Gasteiger partial charge in [0.1, 0.15) is 0 Å². The van der Waals surface area contributed by atoms with Gasteiger partial charge in [0.2, 0.25) is 17.7 Å². The lowest BCUT2D eigenvalue weighted by Gasteiger charge is -2.29. The van der Waals surface area contributed by atoms with E-state index in [1.807, 2.05) is 0 Å². The number of hydrogen-bond acceptors (Lipinski definition) is 5. The van der Waals surface area contributed by atoms with Crippen LogP contribution in [0, 0.1) is 0 Å². The van der Waals surface area contributed by atoms with Crippen LogP contribution in [0.4, 0.5) is 11.4 Å². The van der Waals surface area contributed by atoms with E-state index in [1.54, 1.807) is 31.2 Å². The van der Waals surface area contributed by atoms with Crippen LogP contribution < -0.4 is 16.4 Å². The summed E-state index contributed by atoms with van der Waals surface area (Å²) in [6.45, 7) is 1.71. The van der Waals surface area contributed by atoms with E-state index >= 15 is 0 Å². The number of hydrogen-bond donors (Lipinski definition) is 3. The molecule has 0 saturated carbocycles. The second-order valence-electron chi connectivity index (χ2n) is 4.66. The largest absolute Gasteiger partial charge is 0.399 e. The minimum atomic E-state index is -0.581. The van der Waals surface area contributed by atoms with E-state index in [0.717, 1.165) is 0 Å². The Morgan fingerprint density at radius 2 is 1.80 bits per heavy atom. The Bertz CT molecular complexity index is 525. The van der Waals surface area contributed by atoms with Crippen LogP contribution in [0.1, 0.15) is 6.92 Å². The number of amides is 3. The minimum absolute atomic E-state index is 0.0298. The fourth-order valence-corrected chi connectivity index (χ4v) is 1.91.